The maximum atomic E-state index is 5.22. The highest BCUT2D eigenvalue weighted by Gasteiger charge is 2.20. The van der Waals surface area contributed by atoms with Crippen LogP contribution in [0.2, 0.25) is 0 Å². The lowest BCUT2D eigenvalue weighted by molar-refractivity contribution is 0.387. The average molecular weight is 268 g/mol. The first-order valence-electron chi connectivity index (χ1n) is 9.05. The lowest BCUT2D eigenvalue weighted by Gasteiger charge is -2.03. The predicted molar refractivity (Wildman–Crippen MR) is 84.7 cm³/mol. The smallest absolute Gasteiger partial charge is 0.0810 e. The summed E-state index contributed by atoms with van der Waals surface area (Å²) >= 11 is 0. The number of hydrogen-bond acceptors (Lipinski definition) is 1. The number of rotatable bonds is 15. The molecule has 0 aromatic rings. The fourth-order valence-corrected chi connectivity index (χ4v) is 2.80. The summed E-state index contributed by atoms with van der Waals surface area (Å²) < 4.78 is 5.22. The molecule has 0 bridgehead atoms. The molecule has 1 heterocycles. The van der Waals surface area contributed by atoms with Crippen molar-refractivity contribution in [1.82, 2.24) is 0 Å². The zero-order valence-electron chi connectivity index (χ0n) is 13.3. The summed E-state index contributed by atoms with van der Waals surface area (Å²) in [6.07, 6.45) is 22.3. The molecule has 0 unspecified atom stereocenters. The van der Waals surface area contributed by atoms with Gasteiger partial charge in [0.2, 0.25) is 0 Å². The molecule has 1 atom stereocenters. The maximum absolute atomic E-state index is 5.22. The SMILES string of the molecule is CCCCCCCCCCCCCCCC[C@H]1CO1. The zero-order chi connectivity index (χ0) is 13.6. The zero-order valence-corrected chi connectivity index (χ0v) is 13.3. The van der Waals surface area contributed by atoms with Crippen molar-refractivity contribution >= 4 is 0 Å². The van der Waals surface area contributed by atoms with E-state index in [1.165, 1.54) is 96.3 Å². The predicted octanol–water partition coefficient (Wildman–Crippen LogP) is 6.26. The summed E-state index contributed by atoms with van der Waals surface area (Å²) in [7, 11) is 0. The van der Waals surface area contributed by atoms with Gasteiger partial charge in [0.15, 0.2) is 0 Å². The van der Waals surface area contributed by atoms with Gasteiger partial charge in [0.05, 0.1) is 12.7 Å². The standard InChI is InChI=1S/C18H36O/c1-2-3-4-5-6-7-8-9-10-11-12-13-14-15-16-18-17-19-18/h18H,2-17H2,1H3/t18-/m0/s1. The van der Waals surface area contributed by atoms with Crippen LogP contribution in [0.25, 0.3) is 0 Å². The van der Waals surface area contributed by atoms with Crippen LogP contribution < -0.4 is 0 Å². The number of unbranched alkanes of at least 4 members (excludes halogenated alkanes) is 13. The van der Waals surface area contributed by atoms with Gasteiger partial charge in [-0.15, -0.1) is 0 Å². The van der Waals surface area contributed by atoms with Crippen LogP contribution in [0.4, 0.5) is 0 Å². The van der Waals surface area contributed by atoms with E-state index in [9.17, 15) is 0 Å². The molecule has 0 aromatic heterocycles. The van der Waals surface area contributed by atoms with Crippen molar-refractivity contribution in [3.8, 4) is 0 Å². The van der Waals surface area contributed by atoms with Crippen molar-refractivity contribution in [2.75, 3.05) is 6.61 Å². The Labute approximate surface area is 121 Å². The van der Waals surface area contributed by atoms with Crippen LogP contribution in [0.15, 0.2) is 0 Å². The Balaban J connectivity index is 1.60. The van der Waals surface area contributed by atoms with Crippen LogP contribution in [0, 0.1) is 0 Å². The van der Waals surface area contributed by atoms with E-state index in [1.807, 2.05) is 0 Å². The third-order valence-corrected chi connectivity index (χ3v) is 4.28. The lowest BCUT2D eigenvalue weighted by Crippen LogP contribution is -1.86. The van der Waals surface area contributed by atoms with Crippen LogP contribution >= 0.6 is 0 Å². The highest BCUT2D eigenvalue weighted by atomic mass is 16.6. The van der Waals surface area contributed by atoms with Gasteiger partial charge in [0.25, 0.3) is 0 Å². The van der Waals surface area contributed by atoms with E-state index in [-0.39, 0.29) is 0 Å². The Hall–Kier alpha value is -0.0400. The van der Waals surface area contributed by atoms with Crippen molar-refractivity contribution in [3.63, 3.8) is 0 Å². The Morgan fingerprint density at radius 2 is 1.00 bits per heavy atom. The highest BCUT2D eigenvalue weighted by molar-refractivity contribution is 4.68. The first-order valence-corrected chi connectivity index (χ1v) is 9.05. The molecule has 0 aliphatic carbocycles. The van der Waals surface area contributed by atoms with Gasteiger partial charge in [-0.25, -0.2) is 0 Å². The second-order valence-corrected chi connectivity index (χ2v) is 6.34. The molecule has 1 nitrogen and oxygen atoms in total. The van der Waals surface area contributed by atoms with E-state index in [0.717, 1.165) is 6.61 Å². The fourth-order valence-electron chi connectivity index (χ4n) is 2.80. The quantitative estimate of drug-likeness (QED) is 0.252. The van der Waals surface area contributed by atoms with Gasteiger partial charge in [0.1, 0.15) is 0 Å². The molecule has 0 radical (unpaired) electrons. The summed E-state index contributed by atoms with van der Waals surface area (Å²) in [6.45, 7) is 3.33. The van der Waals surface area contributed by atoms with E-state index in [0.29, 0.717) is 6.10 Å². The van der Waals surface area contributed by atoms with Gasteiger partial charge >= 0.3 is 0 Å². The summed E-state index contributed by atoms with van der Waals surface area (Å²) in [4.78, 5) is 0. The summed E-state index contributed by atoms with van der Waals surface area (Å²) in [5.74, 6) is 0. The molecular formula is C18H36O. The van der Waals surface area contributed by atoms with Crippen molar-refractivity contribution in [2.24, 2.45) is 0 Å². The van der Waals surface area contributed by atoms with Crippen molar-refractivity contribution in [2.45, 2.75) is 109 Å². The molecule has 1 fully saturated rings. The first-order chi connectivity index (χ1) is 9.43. The van der Waals surface area contributed by atoms with Gasteiger partial charge < -0.3 is 4.74 Å². The van der Waals surface area contributed by atoms with Crippen LogP contribution in [0.1, 0.15) is 103 Å². The van der Waals surface area contributed by atoms with Crippen LogP contribution in [-0.4, -0.2) is 12.7 Å². The Kier molecular flexibility index (Phi) is 11.6. The molecule has 1 saturated heterocycles. The molecule has 0 saturated carbocycles. The minimum Gasteiger partial charge on any atom is -0.373 e. The molecule has 0 amide bonds. The minimum atomic E-state index is 0.650. The maximum Gasteiger partial charge on any atom is 0.0810 e. The van der Waals surface area contributed by atoms with Crippen molar-refractivity contribution < 1.29 is 4.74 Å². The molecular weight excluding hydrogens is 232 g/mol. The second-order valence-electron chi connectivity index (χ2n) is 6.34. The Bertz CT molecular complexity index is 175. The number of hydrogen-bond donors (Lipinski definition) is 0. The third-order valence-electron chi connectivity index (χ3n) is 4.28. The van der Waals surface area contributed by atoms with Crippen molar-refractivity contribution in [3.05, 3.63) is 0 Å². The normalized spacial score (nSPS) is 17.8. The Morgan fingerprint density at radius 1 is 0.632 bits per heavy atom. The Morgan fingerprint density at radius 3 is 1.37 bits per heavy atom. The second kappa shape index (κ2) is 13.0. The first kappa shape index (κ1) is 17.0. The third kappa shape index (κ3) is 12.7. The summed E-state index contributed by atoms with van der Waals surface area (Å²) in [5, 5.41) is 0. The van der Waals surface area contributed by atoms with E-state index >= 15 is 0 Å². The number of epoxide rings is 1. The monoisotopic (exact) mass is 268 g/mol. The van der Waals surface area contributed by atoms with Crippen molar-refractivity contribution in [1.29, 1.82) is 0 Å². The van der Waals surface area contributed by atoms with E-state index in [2.05, 4.69) is 6.92 Å². The highest BCUT2D eigenvalue weighted by Crippen LogP contribution is 2.18. The van der Waals surface area contributed by atoms with Gasteiger partial charge in [-0.3, -0.25) is 0 Å². The molecule has 19 heavy (non-hydrogen) atoms. The van der Waals surface area contributed by atoms with Crippen LogP contribution in [0.3, 0.4) is 0 Å². The largest absolute Gasteiger partial charge is 0.373 e. The summed E-state index contributed by atoms with van der Waals surface area (Å²) in [5.41, 5.74) is 0. The summed E-state index contributed by atoms with van der Waals surface area (Å²) in [6, 6.07) is 0. The molecule has 0 aromatic carbocycles. The molecule has 0 spiro atoms. The molecule has 1 rings (SSSR count). The molecule has 0 N–H and O–H groups in total. The fraction of sp³-hybridized carbons (Fsp3) is 1.00. The van der Waals surface area contributed by atoms with Gasteiger partial charge in [-0.1, -0.05) is 96.8 Å². The minimum absolute atomic E-state index is 0.650. The average Bonchev–Trinajstić information content (AvgIpc) is 3.23. The molecule has 1 aliphatic heterocycles. The van der Waals surface area contributed by atoms with Crippen LogP contribution in [-0.2, 0) is 4.74 Å². The van der Waals surface area contributed by atoms with Gasteiger partial charge in [-0.05, 0) is 6.42 Å². The molecule has 1 heteroatoms. The molecule has 1 aliphatic rings. The number of ether oxygens (including phenoxy) is 1. The van der Waals surface area contributed by atoms with Gasteiger partial charge in [-0.2, -0.15) is 0 Å². The van der Waals surface area contributed by atoms with E-state index < -0.39 is 0 Å². The van der Waals surface area contributed by atoms with E-state index in [1.54, 1.807) is 0 Å². The van der Waals surface area contributed by atoms with Gasteiger partial charge in [0, 0.05) is 0 Å². The van der Waals surface area contributed by atoms with E-state index in [4.69, 9.17) is 4.74 Å². The molecule has 114 valence electrons. The van der Waals surface area contributed by atoms with Crippen LogP contribution in [0.5, 0.6) is 0 Å². The topological polar surface area (TPSA) is 12.5 Å². The lowest BCUT2D eigenvalue weighted by atomic mass is 10.0.